The van der Waals surface area contributed by atoms with Gasteiger partial charge in [-0.3, -0.25) is 9.36 Å². The Morgan fingerprint density at radius 1 is 1.26 bits per heavy atom. The van der Waals surface area contributed by atoms with Crippen LogP contribution >= 0.6 is 34.7 Å². The summed E-state index contributed by atoms with van der Waals surface area (Å²) in [4.78, 5) is 23.6. The number of thiophene rings is 1. The normalized spacial score (nSPS) is 11.4. The Morgan fingerprint density at radius 3 is 2.74 bits per heavy atom. The lowest BCUT2D eigenvalue weighted by molar-refractivity contribution is 0.529. The van der Waals surface area contributed by atoms with E-state index in [2.05, 4.69) is 9.97 Å². The molecule has 0 aliphatic heterocycles. The summed E-state index contributed by atoms with van der Waals surface area (Å²) in [6.07, 6.45) is 1.70. The van der Waals surface area contributed by atoms with Crippen molar-refractivity contribution in [2.75, 3.05) is 0 Å². The molecule has 0 amide bonds. The number of thioether (sulfide) groups is 1. The molecule has 1 aromatic carbocycles. The summed E-state index contributed by atoms with van der Waals surface area (Å²) in [6, 6.07) is 7.41. The SMILES string of the molecule is Cc1sc2nc(SCc3ncc(-c4ccc(Cl)cc4)o3)n(C)c(=O)c2c1C. The van der Waals surface area contributed by atoms with Gasteiger partial charge in [0.05, 0.1) is 17.3 Å². The van der Waals surface area contributed by atoms with Gasteiger partial charge in [0.2, 0.25) is 5.89 Å². The maximum Gasteiger partial charge on any atom is 0.262 e. The molecule has 0 unspecified atom stereocenters. The second-order valence-corrected chi connectivity index (χ2v) is 8.72. The Balaban J connectivity index is 1.58. The zero-order chi connectivity index (χ0) is 19.1. The molecule has 0 atom stereocenters. The van der Waals surface area contributed by atoms with Crippen LogP contribution in [0.5, 0.6) is 0 Å². The van der Waals surface area contributed by atoms with Crippen molar-refractivity contribution in [3.63, 3.8) is 0 Å². The highest BCUT2D eigenvalue weighted by Gasteiger charge is 2.16. The molecule has 0 fully saturated rings. The predicted octanol–water partition coefficient (Wildman–Crippen LogP) is 5.21. The van der Waals surface area contributed by atoms with Crippen LogP contribution < -0.4 is 5.56 Å². The Morgan fingerprint density at radius 2 is 2.00 bits per heavy atom. The topological polar surface area (TPSA) is 60.9 Å². The van der Waals surface area contributed by atoms with Crippen molar-refractivity contribution >= 4 is 44.9 Å². The van der Waals surface area contributed by atoms with Crippen LogP contribution in [0.4, 0.5) is 0 Å². The number of fused-ring (bicyclic) bond motifs is 1. The van der Waals surface area contributed by atoms with Gasteiger partial charge in [-0.2, -0.15) is 0 Å². The van der Waals surface area contributed by atoms with Crippen LogP contribution in [0.3, 0.4) is 0 Å². The number of halogens is 1. The molecule has 0 aliphatic rings. The molecule has 27 heavy (non-hydrogen) atoms. The highest BCUT2D eigenvalue weighted by atomic mass is 35.5. The molecule has 0 radical (unpaired) electrons. The van der Waals surface area contributed by atoms with E-state index in [1.165, 1.54) is 11.8 Å². The molecule has 138 valence electrons. The van der Waals surface area contributed by atoms with Crippen LogP contribution in [0.25, 0.3) is 21.5 Å². The molecule has 3 aromatic heterocycles. The number of aromatic nitrogens is 3. The number of aryl methyl sites for hydroxylation is 2. The van der Waals surface area contributed by atoms with Crippen molar-refractivity contribution < 1.29 is 4.42 Å². The summed E-state index contributed by atoms with van der Waals surface area (Å²) in [5, 5.41) is 2.04. The van der Waals surface area contributed by atoms with Gasteiger partial charge >= 0.3 is 0 Å². The summed E-state index contributed by atoms with van der Waals surface area (Å²) in [5.74, 6) is 1.75. The number of hydrogen-bond acceptors (Lipinski definition) is 6. The van der Waals surface area contributed by atoms with Crippen molar-refractivity contribution in [3.8, 4) is 11.3 Å². The first-order valence-corrected chi connectivity index (χ1v) is 10.4. The lowest BCUT2D eigenvalue weighted by atomic mass is 10.2. The van der Waals surface area contributed by atoms with Crippen LogP contribution in [0, 0.1) is 13.8 Å². The van der Waals surface area contributed by atoms with E-state index in [0.717, 1.165) is 20.8 Å². The van der Waals surface area contributed by atoms with Crippen molar-refractivity contribution in [2.45, 2.75) is 24.8 Å². The summed E-state index contributed by atoms with van der Waals surface area (Å²) in [6.45, 7) is 3.98. The molecule has 0 N–H and O–H groups in total. The van der Waals surface area contributed by atoms with E-state index in [9.17, 15) is 4.79 Å². The van der Waals surface area contributed by atoms with E-state index in [1.54, 1.807) is 29.1 Å². The fraction of sp³-hybridized carbons (Fsp3) is 0.211. The van der Waals surface area contributed by atoms with E-state index in [-0.39, 0.29) is 5.56 Å². The number of hydrogen-bond donors (Lipinski definition) is 0. The first kappa shape index (κ1) is 18.3. The molecule has 8 heteroatoms. The molecule has 0 saturated heterocycles. The monoisotopic (exact) mass is 417 g/mol. The standard InChI is InChI=1S/C19H16ClN3O2S2/c1-10-11(2)27-17-16(10)18(24)23(3)19(22-17)26-9-15-21-8-14(25-15)12-4-6-13(20)7-5-12/h4-8H,9H2,1-3H3. The van der Waals surface area contributed by atoms with E-state index >= 15 is 0 Å². The maximum atomic E-state index is 12.7. The summed E-state index contributed by atoms with van der Waals surface area (Å²) < 4.78 is 7.42. The van der Waals surface area contributed by atoms with Crippen molar-refractivity contribution in [3.05, 3.63) is 62.2 Å². The van der Waals surface area contributed by atoms with E-state index in [1.807, 2.05) is 38.1 Å². The second-order valence-electron chi connectivity index (χ2n) is 6.14. The molecule has 0 saturated carbocycles. The molecule has 4 aromatic rings. The maximum absolute atomic E-state index is 12.7. The van der Waals surface area contributed by atoms with Gasteiger partial charge in [0.25, 0.3) is 5.56 Å². The minimum Gasteiger partial charge on any atom is -0.440 e. The molecule has 5 nitrogen and oxygen atoms in total. The Labute approximate surface area is 169 Å². The van der Waals surface area contributed by atoms with Crippen LogP contribution in [0.2, 0.25) is 5.02 Å². The van der Waals surface area contributed by atoms with Crippen LogP contribution in [-0.2, 0) is 12.8 Å². The van der Waals surface area contributed by atoms with Crippen molar-refractivity contribution in [1.29, 1.82) is 0 Å². The third-order valence-corrected chi connectivity index (χ3v) is 6.74. The summed E-state index contributed by atoms with van der Waals surface area (Å²) >= 11 is 8.91. The lowest BCUT2D eigenvalue weighted by Crippen LogP contribution is -2.19. The summed E-state index contributed by atoms with van der Waals surface area (Å²) in [5.41, 5.74) is 1.91. The van der Waals surface area contributed by atoms with Crippen LogP contribution in [0.15, 0.2) is 44.8 Å². The van der Waals surface area contributed by atoms with Gasteiger partial charge in [-0.1, -0.05) is 23.4 Å². The first-order chi connectivity index (χ1) is 12.9. The minimum absolute atomic E-state index is 0.0152. The summed E-state index contributed by atoms with van der Waals surface area (Å²) in [7, 11) is 1.75. The van der Waals surface area contributed by atoms with Crippen molar-refractivity contribution in [1.82, 2.24) is 14.5 Å². The van der Waals surface area contributed by atoms with Crippen LogP contribution in [-0.4, -0.2) is 14.5 Å². The van der Waals surface area contributed by atoms with Gasteiger partial charge in [-0.15, -0.1) is 11.3 Å². The Bertz CT molecular complexity index is 1190. The van der Waals surface area contributed by atoms with Gasteiger partial charge in [-0.25, -0.2) is 9.97 Å². The fourth-order valence-corrected chi connectivity index (χ4v) is 4.76. The zero-order valence-electron chi connectivity index (χ0n) is 14.9. The van der Waals surface area contributed by atoms with Gasteiger partial charge in [0.15, 0.2) is 10.9 Å². The van der Waals surface area contributed by atoms with Gasteiger partial charge < -0.3 is 4.42 Å². The van der Waals surface area contributed by atoms with E-state index in [0.29, 0.717) is 33.0 Å². The smallest absolute Gasteiger partial charge is 0.262 e. The molecular weight excluding hydrogens is 402 g/mol. The number of oxazole rings is 1. The number of nitrogens with zero attached hydrogens (tertiary/aromatic N) is 3. The van der Waals surface area contributed by atoms with E-state index in [4.69, 9.17) is 16.0 Å². The third kappa shape index (κ3) is 3.42. The molecule has 0 spiro atoms. The second kappa shape index (κ2) is 7.14. The number of benzene rings is 1. The first-order valence-electron chi connectivity index (χ1n) is 8.24. The number of rotatable bonds is 4. The van der Waals surface area contributed by atoms with Crippen LogP contribution in [0.1, 0.15) is 16.3 Å². The molecule has 3 heterocycles. The predicted molar refractivity (Wildman–Crippen MR) is 111 cm³/mol. The van der Waals surface area contributed by atoms with Gasteiger partial charge in [0.1, 0.15) is 4.83 Å². The minimum atomic E-state index is -0.0152. The highest BCUT2D eigenvalue weighted by molar-refractivity contribution is 7.98. The van der Waals surface area contributed by atoms with Crippen molar-refractivity contribution in [2.24, 2.45) is 7.05 Å². The largest absolute Gasteiger partial charge is 0.440 e. The highest BCUT2D eigenvalue weighted by Crippen LogP contribution is 2.29. The van der Waals surface area contributed by atoms with E-state index < -0.39 is 0 Å². The Kier molecular flexibility index (Phi) is 4.84. The fourth-order valence-electron chi connectivity index (χ4n) is 2.74. The molecule has 4 rings (SSSR count). The quantitative estimate of drug-likeness (QED) is 0.337. The lowest BCUT2D eigenvalue weighted by Gasteiger charge is -2.06. The average molecular weight is 418 g/mol. The molecular formula is C19H16ClN3O2S2. The molecule has 0 aliphatic carbocycles. The zero-order valence-corrected chi connectivity index (χ0v) is 17.3. The molecule has 0 bridgehead atoms. The third-order valence-electron chi connectivity index (χ3n) is 4.38. The average Bonchev–Trinajstić information content (AvgIpc) is 3.23. The Hall–Kier alpha value is -2.09. The van der Waals surface area contributed by atoms with Gasteiger partial charge in [-0.05, 0) is 43.7 Å². The van der Waals surface area contributed by atoms with Gasteiger partial charge in [0, 0.05) is 22.5 Å².